The minimum Gasteiger partial charge on any atom is -0.480 e. The molecule has 0 bridgehead atoms. The molecule has 1 saturated heterocycles. The van der Waals surface area contributed by atoms with Crippen LogP contribution in [-0.2, 0) is 4.79 Å². The van der Waals surface area contributed by atoms with Crippen LogP contribution in [-0.4, -0.2) is 36.0 Å². The molecule has 0 saturated carbocycles. The Kier molecular flexibility index (Phi) is 3.65. The Balaban J connectivity index is 2.72. The Morgan fingerprint density at radius 3 is 2.47 bits per heavy atom. The van der Waals surface area contributed by atoms with E-state index in [0.29, 0.717) is 12.8 Å². The summed E-state index contributed by atoms with van der Waals surface area (Å²) in [5.41, 5.74) is 10.5. The lowest BCUT2D eigenvalue weighted by Gasteiger charge is -2.37. The summed E-state index contributed by atoms with van der Waals surface area (Å²) in [6.07, 6.45) is 1.62. The molecule has 0 radical (unpaired) electrons. The fourth-order valence-electron chi connectivity index (χ4n) is 2.00. The predicted octanol–water partition coefficient (Wildman–Crippen LogP) is -0.906. The van der Waals surface area contributed by atoms with Gasteiger partial charge in [0, 0.05) is 5.41 Å². The molecule has 1 heterocycles. The zero-order chi connectivity index (χ0) is 11.5. The van der Waals surface area contributed by atoms with Gasteiger partial charge in [0.05, 0.1) is 5.84 Å². The molecule has 0 aromatic heterocycles. The first-order valence-electron chi connectivity index (χ1n) is 5.01. The van der Waals surface area contributed by atoms with E-state index in [-0.39, 0.29) is 12.3 Å². The molecule has 1 aliphatic rings. The zero-order valence-corrected chi connectivity index (χ0v) is 8.62. The average molecular weight is 214 g/mol. The number of hydrogen-bond acceptors (Lipinski definition) is 4. The van der Waals surface area contributed by atoms with Crippen molar-refractivity contribution in [3.05, 3.63) is 0 Å². The number of aliphatic carboxylic acids is 1. The van der Waals surface area contributed by atoms with Gasteiger partial charge in [-0.1, -0.05) is 0 Å². The summed E-state index contributed by atoms with van der Waals surface area (Å²) in [5, 5.41) is 19.5. The van der Waals surface area contributed by atoms with E-state index in [4.69, 9.17) is 22.0 Å². The third kappa shape index (κ3) is 2.66. The van der Waals surface area contributed by atoms with Gasteiger partial charge in [-0.25, -0.2) is 0 Å². The van der Waals surface area contributed by atoms with E-state index in [1.807, 2.05) is 0 Å². The second-order valence-corrected chi connectivity index (χ2v) is 4.09. The number of nitrogens with one attached hydrogen (secondary N) is 2. The highest BCUT2D eigenvalue weighted by atomic mass is 16.4. The number of amidine groups is 1. The number of nitrogens with two attached hydrogens (primary N) is 2. The fraction of sp³-hybridized carbons (Fsp3) is 0.778. The van der Waals surface area contributed by atoms with E-state index in [1.54, 1.807) is 0 Å². The maximum atomic E-state index is 10.7. The van der Waals surface area contributed by atoms with Crippen LogP contribution in [0.1, 0.15) is 19.3 Å². The highest BCUT2D eigenvalue weighted by Crippen LogP contribution is 2.33. The van der Waals surface area contributed by atoms with Crippen molar-refractivity contribution in [2.24, 2.45) is 16.9 Å². The Morgan fingerprint density at radius 1 is 1.53 bits per heavy atom. The standard InChI is InChI=1S/C9H18N4O2/c10-6(7(14)15)5-9(8(11)12)1-3-13-4-2-9/h6,13H,1-5,10H2,(H3,11,12)(H,14,15). The predicted molar refractivity (Wildman–Crippen MR) is 56.7 cm³/mol. The Bertz CT molecular complexity index is 261. The maximum Gasteiger partial charge on any atom is 0.320 e. The van der Waals surface area contributed by atoms with Gasteiger partial charge in [-0.15, -0.1) is 0 Å². The monoisotopic (exact) mass is 214 g/mol. The third-order valence-electron chi connectivity index (χ3n) is 3.06. The molecule has 7 N–H and O–H groups in total. The SMILES string of the molecule is N=C(N)C1(CC(N)C(=O)O)CCNCC1. The molecule has 15 heavy (non-hydrogen) atoms. The highest BCUT2D eigenvalue weighted by Gasteiger charge is 2.38. The molecular formula is C9H18N4O2. The van der Waals surface area contributed by atoms with E-state index < -0.39 is 17.4 Å². The molecule has 0 spiro atoms. The minimum atomic E-state index is -1.03. The molecule has 1 aliphatic heterocycles. The van der Waals surface area contributed by atoms with E-state index >= 15 is 0 Å². The fourth-order valence-corrected chi connectivity index (χ4v) is 2.00. The van der Waals surface area contributed by atoms with Crippen LogP contribution in [0.4, 0.5) is 0 Å². The molecule has 0 aromatic carbocycles. The maximum absolute atomic E-state index is 10.7. The van der Waals surface area contributed by atoms with Crippen LogP contribution < -0.4 is 16.8 Å². The number of carboxylic acid groups (broad SMARTS) is 1. The van der Waals surface area contributed by atoms with Crippen molar-refractivity contribution in [1.82, 2.24) is 5.32 Å². The summed E-state index contributed by atoms with van der Waals surface area (Å²) in [6, 6.07) is -0.938. The number of hydrogen-bond donors (Lipinski definition) is 5. The summed E-state index contributed by atoms with van der Waals surface area (Å²) in [7, 11) is 0. The molecule has 0 amide bonds. The third-order valence-corrected chi connectivity index (χ3v) is 3.06. The molecule has 6 heteroatoms. The number of carboxylic acids is 1. The van der Waals surface area contributed by atoms with E-state index in [9.17, 15) is 4.79 Å². The second-order valence-electron chi connectivity index (χ2n) is 4.09. The lowest BCUT2D eigenvalue weighted by molar-refractivity contribution is -0.139. The smallest absolute Gasteiger partial charge is 0.320 e. The van der Waals surface area contributed by atoms with Gasteiger partial charge in [-0.2, -0.15) is 0 Å². The summed E-state index contributed by atoms with van der Waals surface area (Å²) in [6.45, 7) is 1.51. The summed E-state index contributed by atoms with van der Waals surface area (Å²) >= 11 is 0. The number of rotatable bonds is 4. The zero-order valence-electron chi connectivity index (χ0n) is 8.62. The topological polar surface area (TPSA) is 125 Å². The molecule has 86 valence electrons. The summed E-state index contributed by atoms with van der Waals surface area (Å²) in [4.78, 5) is 10.7. The van der Waals surface area contributed by atoms with Crippen LogP contribution in [0.2, 0.25) is 0 Å². The first kappa shape index (κ1) is 11.9. The summed E-state index contributed by atoms with van der Waals surface area (Å²) in [5.74, 6) is -0.977. The van der Waals surface area contributed by atoms with Crippen molar-refractivity contribution >= 4 is 11.8 Å². The van der Waals surface area contributed by atoms with Gasteiger partial charge in [-0.3, -0.25) is 10.2 Å². The Labute approximate surface area is 88.5 Å². The van der Waals surface area contributed by atoms with E-state index in [0.717, 1.165) is 13.1 Å². The molecule has 1 fully saturated rings. The quantitative estimate of drug-likeness (QED) is 0.306. The molecule has 1 atom stereocenters. The van der Waals surface area contributed by atoms with Crippen molar-refractivity contribution in [3.63, 3.8) is 0 Å². The lowest BCUT2D eigenvalue weighted by Crippen LogP contribution is -2.49. The van der Waals surface area contributed by atoms with Crippen LogP contribution >= 0.6 is 0 Å². The van der Waals surface area contributed by atoms with Gasteiger partial charge >= 0.3 is 5.97 Å². The van der Waals surface area contributed by atoms with Crippen LogP contribution in [0.3, 0.4) is 0 Å². The second kappa shape index (κ2) is 4.59. The lowest BCUT2D eigenvalue weighted by atomic mass is 9.73. The first-order valence-corrected chi connectivity index (χ1v) is 5.01. The van der Waals surface area contributed by atoms with Gasteiger partial charge in [0.1, 0.15) is 6.04 Å². The van der Waals surface area contributed by atoms with Crippen molar-refractivity contribution in [2.45, 2.75) is 25.3 Å². The molecule has 0 aliphatic carbocycles. The van der Waals surface area contributed by atoms with Crippen LogP contribution in [0.15, 0.2) is 0 Å². The average Bonchev–Trinajstić information content (AvgIpc) is 2.18. The van der Waals surface area contributed by atoms with Gasteiger partial charge in [0.25, 0.3) is 0 Å². The van der Waals surface area contributed by atoms with Crippen LogP contribution in [0.25, 0.3) is 0 Å². The van der Waals surface area contributed by atoms with Crippen molar-refractivity contribution in [2.75, 3.05) is 13.1 Å². The molecule has 1 rings (SSSR count). The minimum absolute atomic E-state index is 0.0562. The normalized spacial score (nSPS) is 21.9. The number of carbonyl (C=O) groups is 1. The number of piperidine rings is 1. The van der Waals surface area contributed by atoms with Gasteiger partial charge in [-0.05, 0) is 32.4 Å². The Morgan fingerprint density at radius 2 is 2.07 bits per heavy atom. The molecule has 0 aromatic rings. The van der Waals surface area contributed by atoms with E-state index in [1.165, 1.54) is 0 Å². The van der Waals surface area contributed by atoms with E-state index in [2.05, 4.69) is 5.32 Å². The van der Waals surface area contributed by atoms with Crippen molar-refractivity contribution in [1.29, 1.82) is 5.41 Å². The highest BCUT2D eigenvalue weighted by molar-refractivity contribution is 5.85. The van der Waals surface area contributed by atoms with Crippen LogP contribution in [0, 0.1) is 10.8 Å². The van der Waals surface area contributed by atoms with Crippen molar-refractivity contribution < 1.29 is 9.90 Å². The van der Waals surface area contributed by atoms with Crippen LogP contribution in [0.5, 0.6) is 0 Å². The van der Waals surface area contributed by atoms with Gasteiger partial charge in [0.2, 0.25) is 0 Å². The molecule has 6 nitrogen and oxygen atoms in total. The molecule has 1 unspecified atom stereocenters. The Hall–Kier alpha value is -1.14. The largest absolute Gasteiger partial charge is 0.480 e. The summed E-state index contributed by atoms with van der Waals surface area (Å²) < 4.78 is 0. The molecular weight excluding hydrogens is 196 g/mol. The van der Waals surface area contributed by atoms with Gasteiger partial charge in [0.15, 0.2) is 0 Å². The van der Waals surface area contributed by atoms with Gasteiger partial charge < -0.3 is 21.9 Å². The van der Waals surface area contributed by atoms with Crippen molar-refractivity contribution in [3.8, 4) is 0 Å². The first-order chi connectivity index (χ1) is 6.98.